The van der Waals surface area contributed by atoms with E-state index < -0.39 is 0 Å². The number of imidazole rings is 1. The number of nitrogens with zero attached hydrogens (tertiary/aromatic N) is 4. The van der Waals surface area contributed by atoms with Crippen LogP contribution in [0.15, 0.2) is 36.9 Å². The molecule has 3 aromatic heterocycles. The molecule has 0 unspecified atom stereocenters. The van der Waals surface area contributed by atoms with E-state index in [1.165, 1.54) is 0 Å². The quantitative estimate of drug-likeness (QED) is 0.591. The maximum absolute atomic E-state index is 5.62. The number of ether oxygens (including phenoxy) is 1. The predicted molar refractivity (Wildman–Crippen MR) is 99.8 cm³/mol. The van der Waals surface area contributed by atoms with E-state index in [4.69, 9.17) is 9.72 Å². The summed E-state index contributed by atoms with van der Waals surface area (Å²) in [4.78, 5) is 13.3. The molecule has 4 aromatic rings. The molecule has 0 aliphatic rings. The molecule has 4 rings (SSSR count). The van der Waals surface area contributed by atoms with E-state index in [-0.39, 0.29) is 12.4 Å². The summed E-state index contributed by atoms with van der Waals surface area (Å²) in [5.41, 5.74) is 3.72. The molecular formula is C16H16ClN5OS. The molecule has 1 aromatic carbocycles. The lowest BCUT2D eigenvalue weighted by Crippen LogP contribution is -1.98. The van der Waals surface area contributed by atoms with Crippen LogP contribution in [0.2, 0.25) is 0 Å². The second-order valence-corrected chi connectivity index (χ2v) is 6.12. The van der Waals surface area contributed by atoms with Crippen LogP contribution in [-0.2, 0) is 7.05 Å². The van der Waals surface area contributed by atoms with E-state index in [0.29, 0.717) is 6.61 Å². The smallest absolute Gasteiger partial charge is 0.188 e. The van der Waals surface area contributed by atoms with E-state index in [2.05, 4.69) is 27.4 Å². The summed E-state index contributed by atoms with van der Waals surface area (Å²) in [5, 5.41) is 4.10. The van der Waals surface area contributed by atoms with Crippen LogP contribution in [0.25, 0.3) is 21.3 Å². The normalized spacial score (nSPS) is 10.8. The molecule has 0 spiro atoms. The summed E-state index contributed by atoms with van der Waals surface area (Å²) < 4.78 is 8.71. The van der Waals surface area contributed by atoms with Gasteiger partial charge in [-0.3, -0.25) is 4.98 Å². The first-order valence-corrected chi connectivity index (χ1v) is 8.12. The SMILES string of the molecule is CCOc1ccncc1Nc1nc2c(ccc3c2ncn3C)s1.Cl. The standard InChI is InChI=1S/C16H15N5OS.ClH/c1-3-22-12-6-7-17-8-10(12)19-16-20-15-13(23-16)5-4-11-14(15)18-9-21(11)2;/h4-9H,3H2,1-2H3,(H,19,20);1H. The number of anilines is 2. The van der Waals surface area contributed by atoms with E-state index in [0.717, 1.165) is 37.8 Å². The molecule has 1 N–H and O–H groups in total. The van der Waals surface area contributed by atoms with Crippen LogP contribution in [0.5, 0.6) is 5.75 Å². The molecule has 0 amide bonds. The summed E-state index contributed by atoms with van der Waals surface area (Å²) in [5.74, 6) is 0.768. The number of nitrogens with one attached hydrogen (secondary N) is 1. The van der Waals surface area contributed by atoms with Gasteiger partial charge in [-0.25, -0.2) is 9.97 Å². The highest BCUT2D eigenvalue weighted by atomic mass is 35.5. The van der Waals surface area contributed by atoms with Crippen LogP contribution >= 0.6 is 23.7 Å². The molecule has 0 fully saturated rings. The fraction of sp³-hybridized carbons (Fsp3) is 0.188. The first-order chi connectivity index (χ1) is 11.3. The molecule has 3 heterocycles. The lowest BCUT2D eigenvalue weighted by molar-refractivity contribution is 0.341. The highest BCUT2D eigenvalue weighted by molar-refractivity contribution is 7.22. The van der Waals surface area contributed by atoms with E-state index >= 15 is 0 Å². The number of hydrogen-bond acceptors (Lipinski definition) is 6. The van der Waals surface area contributed by atoms with Crippen molar-refractivity contribution in [2.45, 2.75) is 6.92 Å². The lowest BCUT2D eigenvalue weighted by atomic mass is 10.3. The number of fused-ring (bicyclic) bond motifs is 3. The van der Waals surface area contributed by atoms with E-state index in [1.54, 1.807) is 23.7 Å². The molecule has 0 bridgehead atoms. The Balaban J connectivity index is 0.00000169. The average Bonchev–Trinajstić information content (AvgIpc) is 3.13. The van der Waals surface area contributed by atoms with Crippen molar-refractivity contribution in [3.63, 3.8) is 0 Å². The first kappa shape index (κ1) is 16.5. The Morgan fingerprint density at radius 1 is 1.25 bits per heavy atom. The monoisotopic (exact) mass is 361 g/mol. The summed E-state index contributed by atoms with van der Waals surface area (Å²) >= 11 is 1.59. The number of aromatic nitrogens is 4. The van der Waals surface area contributed by atoms with Crippen molar-refractivity contribution in [1.29, 1.82) is 0 Å². The molecule has 24 heavy (non-hydrogen) atoms. The maximum atomic E-state index is 5.62. The Morgan fingerprint density at radius 2 is 2.12 bits per heavy atom. The molecule has 8 heteroatoms. The van der Waals surface area contributed by atoms with Crippen molar-refractivity contribution < 1.29 is 4.74 Å². The fourth-order valence-corrected chi connectivity index (χ4v) is 3.39. The summed E-state index contributed by atoms with van der Waals surface area (Å²) in [7, 11) is 1.98. The Labute approximate surface area is 148 Å². The average molecular weight is 362 g/mol. The zero-order valence-electron chi connectivity index (χ0n) is 13.2. The molecule has 0 aliphatic carbocycles. The van der Waals surface area contributed by atoms with Crippen molar-refractivity contribution >= 4 is 55.8 Å². The number of halogens is 1. The summed E-state index contributed by atoms with van der Waals surface area (Å²) in [6, 6.07) is 5.99. The van der Waals surface area contributed by atoms with Gasteiger partial charge in [-0.2, -0.15) is 0 Å². The third kappa shape index (κ3) is 2.76. The van der Waals surface area contributed by atoms with Gasteiger partial charge in [0.05, 0.1) is 29.3 Å². The zero-order chi connectivity index (χ0) is 15.8. The Morgan fingerprint density at radius 3 is 2.96 bits per heavy atom. The highest BCUT2D eigenvalue weighted by Crippen LogP contribution is 2.34. The Bertz CT molecular complexity index is 997. The van der Waals surface area contributed by atoms with Crippen LogP contribution in [0.1, 0.15) is 6.92 Å². The number of rotatable bonds is 4. The van der Waals surface area contributed by atoms with Gasteiger partial charge in [0, 0.05) is 19.3 Å². The largest absolute Gasteiger partial charge is 0.492 e. The van der Waals surface area contributed by atoms with Gasteiger partial charge < -0.3 is 14.6 Å². The first-order valence-electron chi connectivity index (χ1n) is 7.30. The van der Waals surface area contributed by atoms with Crippen molar-refractivity contribution in [2.24, 2.45) is 7.05 Å². The third-order valence-corrected chi connectivity index (χ3v) is 4.51. The fourth-order valence-electron chi connectivity index (χ4n) is 2.51. The van der Waals surface area contributed by atoms with Gasteiger partial charge in [0.15, 0.2) is 5.13 Å². The third-order valence-electron chi connectivity index (χ3n) is 3.58. The Hall–Kier alpha value is -2.38. The van der Waals surface area contributed by atoms with Crippen LogP contribution < -0.4 is 10.1 Å². The number of pyridine rings is 1. The van der Waals surface area contributed by atoms with Crippen LogP contribution in [-0.4, -0.2) is 26.1 Å². The number of hydrogen-bond donors (Lipinski definition) is 1. The van der Waals surface area contributed by atoms with Gasteiger partial charge in [-0.15, -0.1) is 12.4 Å². The predicted octanol–water partition coefficient (Wildman–Crippen LogP) is 4.14. The van der Waals surface area contributed by atoms with Gasteiger partial charge in [0.2, 0.25) is 0 Å². The molecule has 0 saturated heterocycles. The summed E-state index contributed by atoms with van der Waals surface area (Å²) in [6.07, 6.45) is 5.27. The highest BCUT2D eigenvalue weighted by Gasteiger charge is 2.12. The minimum atomic E-state index is 0. The molecule has 6 nitrogen and oxygen atoms in total. The van der Waals surface area contributed by atoms with E-state index in [9.17, 15) is 0 Å². The Kier molecular flexibility index (Phi) is 4.55. The number of benzene rings is 1. The minimum absolute atomic E-state index is 0. The molecular weight excluding hydrogens is 346 g/mol. The molecule has 0 saturated carbocycles. The molecule has 0 atom stereocenters. The van der Waals surface area contributed by atoms with Crippen molar-refractivity contribution in [3.8, 4) is 5.75 Å². The van der Waals surface area contributed by atoms with Crippen molar-refractivity contribution in [2.75, 3.05) is 11.9 Å². The van der Waals surface area contributed by atoms with E-state index in [1.807, 2.05) is 30.9 Å². The summed E-state index contributed by atoms with van der Waals surface area (Å²) in [6.45, 7) is 2.56. The van der Waals surface area contributed by atoms with Crippen molar-refractivity contribution in [1.82, 2.24) is 19.5 Å². The number of aryl methyl sites for hydroxylation is 1. The molecule has 124 valence electrons. The maximum Gasteiger partial charge on any atom is 0.188 e. The minimum Gasteiger partial charge on any atom is -0.492 e. The van der Waals surface area contributed by atoms with Gasteiger partial charge in [-0.1, -0.05) is 11.3 Å². The molecule has 0 aliphatic heterocycles. The topological polar surface area (TPSA) is 64.9 Å². The van der Waals surface area contributed by atoms with Crippen LogP contribution in [0.4, 0.5) is 10.8 Å². The van der Waals surface area contributed by atoms with Gasteiger partial charge in [0.25, 0.3) is 0 Å². The van der Waals surface area contributed by atoms with Gasteiger partial charge in [-0.05, 0) is 19.1 Å². The molecule has 0 radical (unpaired) electrons. The second kappa shape index (κ2) is 6.62. The number of thiazole rings is 1. The second-order valence-electron chi connectivity index (χ2n) is 5.08. The van der Waals surface area contributed by atoms with Crippen LogP contribution in [0.3, 0.4) is 0 Å². The van der Waals surface area contributed by atoms with Gasteiger partial charge >= 0.3 is 0 Å². The zero-order valence-corrected chi connectivity index (χ0v) is 14.8. The van der Waals surface area contributed by atoms with Gasteiger partial charge in [0.1, 0.15) is 22.5 Å². The van der Waals surface area contributed by atoms with Crippen molar-refractivity contribution in [3.05, 3.63) is 36.9 Å². The van der Waals surface area contributed by atoms with Crippen LogP contribution in [0, 0.1) is 0 Å². The lowest BCUT2D eigenvalue weighted by Gasteiger charge is -2.09.